The molecule has 4 nitrogen and oxygen atoms in total. The smallest absolute Gasteiger partial charge is 0.409 e. The quantitative estimate of drug-likeness (QED) is 0.773. The van der Waals surface area contributed by atoms with E-state index in [9.17, 15) is 4.79 Å². The second kappa shape index (κ2) is 5.95. The molecule has 0 saturated carbocycles. The fourth-order valence-corrected chi connectivity index (χ4v) is 2.05. The van der Waals surface area contributed by atoms with Gasteiger partial charge in [-0.3, -0.25) is 0 Å². The van der Waals surface area contributed by atoms with Gasteiger partial charge in [0.15, 0.2) is 0 Å². The predicted molar refractivity (Wildman–Crippen MR) is 59.9 cm³/mol. The molecule has 0 aromatic carbocycles. The summed E-state index contributed by atoms with van der Waals surface area (Å²) >= 11 is 0. The Morgan fingerprint density at radius 1 is 1.53 bits per heavy atom. The molecule has 1 aliphatic rings. The first kappa shape index (κ1) is 12.3. The fourth-order valence-electron chi connectivity index (χ4n) is 2.05. The van der Waals surface area contributed by atoms with Crippen molar-refractivity contribution >= 4 is 6.09 Å². The number of nitrogens with zero attached hydrogens (tertiary/aromatic N) is 1. The summed E-state index contributed by atoms with van der Waals surface area (Å²) in [4.78, 5) is 13.0. The number of hydrogen-bond acceptors (Lipinski definition) is 3. The van der Waals surface area contributed by atoms with Gasteiger partial charge in [0.2, 0.25) is 0 Å². The molecule has 1 saturated heterocycles. The molecule has 1 amide bonds. The van der Waals surface area contributed by atoms with Gasteiger partial charge in [-0.15, -0.1) is 0 Å². The number of carbonyl (C=O) groups is 1. The van der Waals surface area contributed by atoms with Gasteiger partial charge in [0, 0.05) is 25.2 Å². The third kappa shape index (κ3) is 3.38. The third-order valence-electron chi connectivity index (χ3n) is 3.08. The van der Waals surface area contributed by atoms with E-state index in [2.05, 4.69) is 19.2 Å². The Bertz CT molecular complexity index is 205. The molecule has 1 N–H and O–H groups in total. The van der Waals surface area contributed by atoms with Crippen molar-refractivity contribution in [1.82, 2.24) is 10.2 Å². The zero-order chi connectivity index (χ0) is 11.3. The number of methoxy groups -OCH3 is 1. The van der Waals surface area contributed by atoms with E-state index in [4.69, 9.17) is 4.74 Å². The summed E-state index contributed by atoms with van der Waals surface area (Å²) in [6.07, 6.45) is 3.12. The Kier molecular flexibility index (Phi) is 4.88. The minimum atomic E-state index is -0.205. The largest absolute Gasteiger partial charge is 0.453 e. The molecule has 1 unspecified atom stereocenters. The van der Waals surface area contributed by atoms with Crippen LogP contribution < -0.4 is 5.32 Å². The van der Waals surface area contributed by atoms with Gasteiger partial charge in [-0.25, -0.2) is 4.79 Å². The summed E-state index contributed by atoms with van der Waals surface area (Å²) < 4.78 is 4.70. The average molecular weight is 214 g/mol. The van der Waals surface area contributed by atoms with E-state index in [0.717, 1.165) is 32.4 Å². The highest BCUT2D eigenvalue weighted by atomic mass is 16.5. The van der Waals surface area contributed by atoms with Crippen LogP contribution in [0.3, 0.4) is 0 Å². The zero-order valence-electron chi connectivity index (χ0n) is 9.95. The maximum Gasteiger partial charge on any atom is 0.409 e. The lowest BCUT2D eigenvalue weighted by Gasteiger charge is -2.20. The van der Waals surface area contributed by atoms with Crippen molar-refractivity contribution in [2.75, 3.05) is 20.2 Å². The molecule has 0 spiro atoms. The van der Waals surface area contributed by atoms with Crippen LogP contribution in [-0.2, 0) is 4.74 Å². The van der Waals surface area contributed by atoms with Crippen LogP contribution in [0.1, 0.15) is 33.1 Å². The maximum atomic E-state index is 11.3. The van der Waals surface area contributed by atoms with Crippen molar-refractivity contribution in [2.24, 2.45) is 0 Å². The molecule has 0 radical (unpaired) electrons. The molecule has 0 aromatic heterocycles. The first-order valence-corrected chi connectivity index (χ1v) is 5.80. The lowest BCUT2D eigenvalue weighted by atomic mass is 10.1. The lowest BCUT2D eigenvalue weighted by molar-refractivity contribution is 0.132. The standard InChI is InChI=1S/C11H22N2O2/c1-4-9(5-2)12-10-6-7-13(8-10)11(14)15-3/h9-10,12H,4-8H2,1-3H3. The first-order chi connectivity index (χ1) is 7.21. The first-order valence-electron chi connectivity index (χ1n) is 5.80. The van der Waals surface area contributed by atoms with Crippen molar-refractivity contribution in [3.8, 4) is 0 Å². The van der Waals surface area contributed by atoms with E-state index in [1.807, 2.05) is 0 Å². The third-order valence-corrected chi connectivity index (χ3v) is 3.08. The normalized spacial score (nSPS) is 21.1. The van der Waals surface area contributed by atoms with Gasteiger partial charge in [0.05, 0.1) is 7.11 Å². The summed E-state index contributed by atoms with van der Waals surface area (Å²) in [5.74, 6) is 0. The summed E-state index contributed by atoms with van der Waals surface area (Å²) in [6.45, 7) is 5.97. The predicted octanol–water partition coefficient (Wildman–Crippen LogP) is 1.61. The van der Waals surface area contributed by atoms with Gasteiger partial charge >= 0.3 is 6.09 Å². The van der Waals surface area contributed by atoms with Crippen molar-refractivity contribution in [1.29, 1.82) is 0 Å². The number of hydrogen-bond donors (Lipinski definition) is 1. The van der Waals surface area contributed by atoms with Gasteiger partial charge in [-0.05, 0) is 19.3 Å². The molecule has 0 aromatic rings. The highest BCUT2D eigenvalue weighted by Gasteiger charge is 2.27. The van der Waals surface area contributed by atoms with Gasteiger partial charge in [0.1, 0.15) is 0 Å². The van der Waals surface area contributed by atoms with E-state index in [0.29, 0.717) is 12.1 Å². The van der Waals surface area contributed by atoms with Crippen molar-refractivity contribution in [2.45, 2.75) is 45.2 Å². The van der Waals surface area contributed by atoms with Crippen LogP contribution in [-0.4, -0.2) is 43.3 Å². The van der Waals surface area contributed by atoms with Gasteiger partial charge in [0.25, 0.3) is 0 Å². The molecule has 0 aliphatic carbocycles. The SMILES string of the molecule is CCC(CC)NC1CCN(C(=O)OC)C1. The van der Waals surface area contributed by atoms with Gasteiger partial charge in [-0.1, -0.05) is 13.8 Å². The summed E-state index contributed by atoms with van der Waals surface area (Å²) in [6, 6.07) is 1.02. The number of rotatable bonds is 4. The van der Waals surface area contributed by atoms with Crippen LogP contribution in [0, 0.1) is 0 Å². The highest BCUT2D eigenvalue weighted by Crippen LogP contribution is 2.12. The van der Waals surface area contributed by atoms with Crippen LogP contribution in [0.5, 0.6) is 0 Å². The lowest BCUT2D eigenvalue weighted by Crippen LogP contribution is -2.40. The van der Waals surface area contributed by atoms with E-state index in [1.54, 1.807) is 4.90 Å². The average Bonchev–Trinajstić information content (AvgIpc) is 2.73. The second-order valence-corrected chi connectivity index (χ2v) is 4.08. The molecule has 15 heavy (non-hydrogen) atoms. The molecular formula is C11H22N2O2. The molecule has 1 heterocycles. The Hall–Kier alpha value is -0.770. The molecule has 1 aliphatic heterocycles. The molecule has 1 atom stereocenters. The number of nitrogens with one attached hydrogen (secondary N) is 1. The van der Waals surface area contributed by atoms with Gasteiger partial charge in [-0.2, -0.15) is 0 Å². The Morgan fingerprint density at radius 3 is 2.73 bits per heavy atom. The maximum absolute atomic E-state index is 11.3. The van der Waals surface area contributed by atoms with Crippen molar-refractivity contribution < 1.29 is 9.53 Å². The van der Waals surface area contributed by atoms with Crippen LogP contribution in [0.15, 0.2) is 0 Å². The van der Waals surface area contributed by atoms with Gasteiger partial charge < -0.3 is 15.0 Å². The molecular weight excluding hydrogens is 192 g/mol. The molecule has 1 fully saturated rings. The number of amides is 1. The van der Waals surface area contributed by atoms with E-state index in [-0.39, 0.29) is 6.09 Å². The van der Waals surface area contributed by atoms with Crippen LogP contribution in [0.2, 0.25) is 0 Å². The Morgan fingerprint density at radius 2 is 2.20 bits per heavy atom. The Labute approximate surface area is 92.0 Å². The van der Waals surface area contributed by atoms with Crippen molar-refractivity contribution in [3.05, 3.63) is 0 Å². The molecule has 4 heteroatoms. The highest BCUT2D eigenvalue weighted by molar-refractivity contribution is 5.67. The van der Waals surface area contributed by atoms with Crippen LogP contribution in [0.4, 0.5) is 4.79 Å². The van der Waals surface area contributed by atoms with Crippen LogP contribution in [0.25, 0.3) is 0 Å². The minimum Gasteiger partial charge on any atom is -0.453 e. The van der Waals surface area contributed by atoms with Crippen LogP contribution >= 0.6 is 0 Å². The number of carbonyl (C=O) groups excluding carboxylic acids is 1. The van der Waals surface area contributed by atoms with Crippen molar-refractivity contribution in [3.63, 3.8) is 0 Å². The molecule has 88 valence electrons. The molecule has 0 bridgehead atoms. The summed E-state index contributed by atoms with van der Waals surface area (Å²) in [5.41, 5.74) is 0. The monoisotopic (exact) mass is 214 g/mol. The van der Waals surface area contributed by atoms with E-state index >= 15 is 0 Å². The second-order valence-electron chi connectivity index (χ2n) is 4.08. The molecule has 1 rings (SSSR count). The topological polar surface area (TPSA) is 41.6 Å². The summed E-state index contributed by atoms with van der Waals surface area (Å²) in [5, 5.41) is 3.57. The fraction of sp³-hybridized carbons (Fsp3) is 0.909. The number of ether oxygens (including phenoxy) is 1. The Balaban J connectivity index is 2.33. The van der Waals surface area contributed by atoms with E-state index in [1.165, 1.54) is 7.11 Å². The van der Waals surface area contributed by atoms with E-state index < -0.39 is 0 Å². The summed E-state index contributed by atoms with van der Waals surface area (Å²) in [7, 11) is 1.43. The zero-order valence-corrected chi connectivity index (χ0v) is 9.95. The number of likely N-dealkylation sites (tertiary alicyclic amines) is 1. The minimum absolute atomic E-state index is 0.205.